The van der Waals surface area contributed by atoms with Crippen molar-refractivity contribution in [2.24, 2.45) is 0 Å². The summed E-state index contributed by atoms with van der Waals surface area (Å²) in [5.41, 5.74) is -2.57. The second-order valence-corrected chi connectivity index (χ2v) is 5.65. The van der Waals surface area contributed by atoms with E-state index in [-0.39, 0.29) is 12.2 Å². The molecule has 0 aliphatic rings. The van der Waals surface area contributed by atoms with E-state index in [1.165, 1.54) is 26.0 Å². The van der Waals surface area contributed by atoms with Gasteiger partial charge in [0.1, 0.15) is 5.60 Å². The first-order valence-corrected chi connectivity index (χ1v) is 7.32. The number of amides is 1. The number of nitrogens with one attached hydrogen (secondary N) is 1. The van der Waals surface area contributed by atoms with E-state index in [0.29, 0.717) is 0 Å². The maximum absolute atomic E-state index is 13.2. The normalized spacial score (nSPS) is 13.4. The molecule has 0 spiro atoms. The number of hydrogen-bond acceptors (Lipinski definition) is 3. The van der Waals surface area contributed by atoms with Crippen LogP contribution in [-0.2, 0) is 20.5 Å². The highest BCUT2D eigenvalue weighted by molar-refractivity contribution is 5.85. The molecule has 1 aromatic rings. The average molecular weight is 347 g/mol. The van der Waals surface area contributed by atoms with Crippen LogP contribution >= 0.6 is 0 Å². The highest BCUT2D eigenvalue weighted by Crippen LogP contribution is 2.35. The maximum atomic E-state index is 13.2. The second kappa shape index (κ2) is 7.65. The third kappa shape index (κ3) is 5.23. The largest absolute Gasteiger partial charge is 0.481 e. The van der Waals surface area contributed by atoms with Crippen LogP contribution in [0.2, 0.25) is 0 Å². The molecule has 134 valence electrons. The van der Waals surface area contributed by atoms with E-state index in [9.17, 15) is 22.8 Å². The fourth-order valence-electron chi connectivity index (χ4n) is 2.23. The fraction of sp³-hybridized carbons (Fsp3) is 0.500. The summed E-state index contributed by atoms with van der Waals surface area (Å²) in [6.45, 7) is 4.81. The molecule has 1 atom stereocenters. The smallest absolute Gasteiger partial charge is 0.416 e. The summed E-state index contributed by atoms with van der Waals surface area (Å²) in [7, 11) is 0. The van der Waals surface area contributed by atoms with E-state index >= 15 is 0 Å². The number of carbonyl (C=O) groups is 2. The van der Waals surface area contributed by atoms with E-state index in [4.69, 9.17) is 9.84 Å². The van der Waals surface area contributed by atoms with Gasteiger partial charge in [-0.25, -0.2) is 0 Å². The Hall–Kier alpha value is -2.09. The predicted octanol–water partition coefficient (Wildman–Crippen LogP) is 3.15. The lowest BCUT2D eigenvalue weighted by Crippen LogP contribution is -2.46. The second-order valence-electron chi connectivity index (χ2n) is 5.65. The molecule has 1 unspecified atom stereocenters. The first kappa shape index (κ1) is 20.0. The van der Waals surface area contributed by atoms with Crippen LogP contribution in [0.1, 0.15) is 44.4 Å². The molecule has 0 saturated carbocycles. The van der Waals surface area contributed by atoms with E-state index in [0.717, 1.165) is 12.1 Å². The van der Waals surface area contributed by atoms with Gasteiger partial charge in [0, 0.05) is 6.61 Å². The average Bonchev–Trinajstić information content (AvgIpc) is 2.45. The number of alkyl halides is 3. The molecular formula is C16H20F3NO4. The highest BCUT2D eigenvalue weighted by Gasteiger charge is 2.37. The van der Waals surface area contributed by atoms with Crippen LogP contribution in [-0.4, -0.2) is 29.2 Å². The van der Waals surface area contributed by atoms with Crippen LogP contribution in [0, 0.1) is 0 Å². The molecule has 8 heteroatoms. The lowest BCUT2D eigenvalue weighted by molar-refractivity contribution is -0.145. The van der Waals surface area contributed by atoms with E-state index in [1.807, 2.05) is 0 Å². The number of rotatable bonds is 7. The molecule has 5 nitrogen and oxygen atoms in total. The van der Waals surface area contributed by atoms with Crippen molar-refractivity contribution in [2.45, 2.75) is 45.0 Å². The molecule has 0 aromatic heterocycles. The quantitative estimate of drug-likeness (QED) is 0.794. The van der Waals surface area contributed by atoms with Crippen molar-refractivity contribution in [2.75, 3.05) is 6.61 Å². The number of ether oxygens (including phenoxy) is 1. The van der Waals surface area contributed by atoms with Crippen molar-refractivity contribution >= 4 is 11.9 Å². The molecule has 0 fully saturated rings. The number of carboxylic acids is 1. The Morgan fingerprint density at radius 1 is 1.25 bits per heavy atom. The number of benzene rings is 1. The Morgan fingerprint density at radius 2 is 1.83 bits per heavy atom. The molecule has 0 saturated heterocycles. The van der Waals surface area contributed by atoms with E-state index in [2.05, 4.69) is 5.32 Å². The van der Waals surface area contributed by atoms with Gasteiger partial charge in [-0.1, -0.05) is 18.2 Å². The minimum Gasteiger partial charge on any atom is -0.481 e. The van der Waals surface area contributed by atoms with Crippen molar-refractivity contribution in [1.29, 1.82) is 0 Å². The van der Waals surface area contributed by atoms with E-state index in [1.54, 1.807) is 6.92 Å². The summed E-state index contributed by atoms with van der Waals surface area (Å²) >= 11 is 0. The molecule has 1 amide bonds. The number of halogens is 3. The Kier molecular flexibility index (Phi) is 6.36. The van der Waals surface area contributed by atoms with Crippen molar-refractivity contribution in [3.8, 4) is 0 Å². The first-order valence-electron chi connectivity index (χ1n) is 7.32. The third-order valence-corrected chi connectivity index (χ3v) is 3.38. The Balaban J connectivity index is 3.21. The standard InChI is InChI=1S/C16H20F3NO4/c1-4-24-15(2,3)14(23)20-12(9-13(21)22)10-7-5-6-8-11(10)16(17,18)19/h5-8,12H,4,9H2,1-3H3,(H,20,23)(H,21,22). The van der Waals surface area contributed by atoms with Gasteiger partial charge in [-0.15, -0.1) is 0 Å². The predicted molar refractivity (Wildman–Crippen MR) is 80.3 cm³/mol. The molecule has 0 radical (unpaired) electrons. The molecule has 1 aromatic carbocycles. The van der Waals surface area contributed by atoms with Crippen LogP contribution in [0.4, 0.5) is 13.2 Å². The van der Waals surface area contributed by atoms with Crippen molar-refractivity contribution in [3.05, 3.63) is 35.4 Å². The molecule has 2 N–H and O–H groups in total. The summed E-state index contributed by atoms with van der Waals surface area (Å²) in [5, 5.41) is 11.4. The lowest BCUT2D eigenvalue weighted by Gasteiger charge is -2.28. The first-order chi connectivity index (χ1) is 11.0. The summed E-state index contributed by atoms with van der Waals surface area (Å²) in [6.07, 6.45) is -5.34. The number of carboxylic acid groups (broad SMARTS) is 1. The van der Waals surface area contributed by atoms with Gasteiger partial charge in [0.05, 0.1) is 18.0 Å². The molecule has 0 aliphatic carbocycles. The zero-order valence-corrected chi connectivity index (χ0v) is 13.6. The number of aliphatic carboxylic acids is 1. The van der Waals surface area contributed by atoms with Gasteiger partial charge in [0.2, 0.25) is 0 Å². The maximum Gasteiger partial charge on any atom is 0.416 e. The third-order valence-electron chi connectivity index (χ3n) is 3.38. The molecular weight excluding hydrogens is 327 g/mol. The van der Waals surface area contributed by atoms with Crippen LogP contribution in [0.5, 0.6) is 0 Å². The fourth-order valence-corrected chi connectivity index (χ4v) is 2.23. The molecule has 0 aliphatic heterocycles. The van der Waals surface area contributed by atoms with Crippen molar-refractivity contribution < 1.29 is 32.6 Å². The van der Waals surface area contributed by atoms with Gasteiger partial charge >= 0.3 is 12.1 Å². The SMILES string of the molecule is CCOC(C)(C)C(=O)NC(CC(=O)O)c1ccccc1C(F)(F)F. The minimum absolute atomic E-state index is 0.225. The van der Waals surface area contributed by atoms with Gasteiger partial charge in [0.15, 0.2) is 0 Å². The van der Waals surface area contributed by atoms with Gasteiger partial charge < -0.3 is 15.2 Å². The molecule has 24 heavy (non-hydrogen) atoms. The van der Waals surface area contributed by atoms with Gasteiger partial charge in [-0.2, -0.15) is 13.2 Å². The summed E-state index contributed by atoms with van der Waals surface area (Å²) in [5.74, 6) is -2.01. The van der Waals surface area contributed by atoms with Crippen molar-refractivity contribution in [1.82, 2.24) is 5.32 Å². The Morgan fingerprint density at radius 3 is 2.33 bits per heavy atom. The lowest BCUT2D eigenvalue weighted by atomic mass is 9.96. The van der Waals surface area contributed by atoms with E-state index < -0.39 is 41.7 Å². The monoisotopic (exact) mass is 347 g/mol. The minimum atomic E-state index is -4.66. The zero-order valence-electron chi connectivity index (χ0n) is 13.6. The van der Waals surface area contributed by atoms with Gasteiger partial charge in [-0.3, -0.25) is 9.59 Å². The summed E-state index contributed by atoms with van der Waals surface area (Å²) < 4.78 is 44.7. The van der Waals surface area contributed by atoms with Crippen LogP contribution < -0.4 is 5.32 Å². The van der Waals surface area contributed by atoms with Gasteiger partial charge in [-0.05, 0) is 32.4 Å². The number of hydrogen-bond donors (Lipinski definition) is 2. The number of carbonyl (C=O) groups excluding carboxylic acids is 1. The zero-order chi connectivity index (χ0) is 18.5. The Labute approximate surface area is 137 Å². The van der Waals surface area contributed by atoms with Crippen LogP contribution in [0.3, 0.4) is 0 Å². The van der Waals surface area contributed by atoms with Crippen LogP contribution in [0.15, 0.2) is 24.3 Å². The highest BCUT2D eigenvalue weighted by atomic mass is 19.4. The molecule has 0 bridgehead atoms. The molecule has 0 heterocycles. The van der Waals surface area contributed by atoms with Crippen LogP contribution in [0.25, 0.3) is 0 Å². The van der Waals surface area contributed by atoms with Gasteiger partial charge in [0.25, 0.3) is 5.91 Å². The topological polar surface area (TPSA) is 75.6 Å². The summed E-state index contributed by atoms with van der Waals surface area (Å²) in [6, 6.07) is 3.25. The summed E-state index contributed by atoms with van der Waals surface area (Å²) in [4.78, 5) is 23.3. The Bertz CT molecular complexity index is 599. The van der Waals surface area contributed by atoms with Crippen molar-refractivity contribution in [3.63, 3.8) is 0 Å². The molecule has 1 rings (SSSR count).